The molecule has 2 rings (SSSR count). The van der Waals surface area contributed by atoms with E-state index in [0.717, 1.165) is 5.56 Å². The largest absolute Gasteiger partial charge is 0.438 e. The Balaban J connectivity index is 2.43. The minimum absolute atomic E-state index is 0.00733. The van der Waals surface area contributed by atoms with Gasteiger partial charge in [-0.15, -0.1) is 0 Å². The molecule has 6 nitrogen and oxygen atoms in total. The van der Waals surface area contributed by atoms with E-state index in [9.17, 15) is 15.2 Å². The van der Waals surface area contributed by atoms with Crippen molar-refractivity contribution in [3.05, 3.63) is 57.3 Å². The van der Waals surface area contributed by atoms with Gasteiger partial charge in [0.1, 0.15) is 5.75 Å². The fraction of sp³-hybridized carbons (Fsp3) is 0.214. The second-order valence-corrected chi connectivity index (χ2v) is 4.39. The van der Waals surface area contributed by atoms with Crippen LogP contribution in [0.5, 0.6) is 11.6 Å². The molecule has 0 spiro atoms. The van der Waals surface area contributed by atoms with E-state index in [-0.39, 0.29) is 18.2 Å². The Bertz CT molecular complexity index is 656. The molecule has 0 unspecified atom stereocenters. The number of aryl methyl sites for hydroxylation is 2. The van der Waals surface area contributed by atoms with Crippen LogP contribution < -0.4 is 4.74 Å². The summed E-state index contributed by atoms with van der Waals surface area (Å²) in [6.45, 7) is 3.26. The van der Waals surface area contributed by atoms with E-state index < -0.39 is 4.92 Å². The summed E-state index contributed by atoms with van der Waals surface area (Å²) in [6.07, 6.45) is 1.53. The molecule has 6 heteroatoms. The van der Waals surface area contributed by atoms with Gasteiger partial charge in [0.2, 0.25) is 5.88 Å². The zero-order chi connectivity index (χ0) is 14.7. The third-order valence-electron chi connectivity index (χ3n) is 2.92. The first-order chi connectivity index (χ1) is 9.52. The van der Waals surface area contributed by atoms with E-state index in [0.29, 0.717) is 16.9 Å². The number of hydrogen-bond acceptors (Lipinski definition) is 5. The number of ether oxygens (including phenoxy) is 1. The Morgan fingerprint density at radius 2 is 2.10 bits per heavy atom. The lowest BCUT2D eigenvalue weighted by Crippen LogP contribution is -1.98. The first-order valence-corrected chi connectivity index (χ1v) is 6.01. The highest BCUT2D eigenvalue weighted by atomic mass is 16.6. The molecule has 1 aromatic heterocycles. The molecule has 0 aliphatic carbocycles. The minimum Gasteiger partial charge on any atom is -0.438 e. The zero-order valence-electron chi connectivity index (χ0n) is 11.2. The standard InChI is InChI=1S/C14H14N2O4/c1-9-6-10(2)13(7-12(9)16(18)19)20-14-11(8-17)4-3-5-15-14/h3-7,17H,8H2,1-2H3. The Morgan fingerprint density at radius 1 is 1.35 bits per heavy atom. The van der Waals surface area contributed by atoms with Gasteiger partial charge in [-0.1, -0.05) is 0 Å². The highest BCUT2D eigenvalue weighted by Gasteiger charge is 2.16. The van der Waals surface area contributed by atoms with Crippen LogP contribution in [0.4, 0.5) is 5.69 Å². The number of nitro groups is 1. The second-order valence-electron chi connectivity index (χ2n) is 4.39. The average molecular weight is 274 g/mol. The number of rotatable bonds is 4. The normalized spacial score (nSPS) is 10.3. The zero-order valence-corrected chi connectivity index (χ0v) is 11.2. The third-order valence-corrected chi connectivity index (χ3v) is 2.92. The van der Waals surface area contributed by atoms with Gasteiger partial charge in [0.25, 0.3) is 5.69 Å². The van der Waals surface area contributed by atoms with Gasteiger partial charge in [-0.05, 0) is 37.6 Å². The van der Waals surface area contributed by atoms with Crippen LogP contribution >= 0.6 is 0 Å². The van der Waals surface area contributed by atoms with Crippen molar-refractivity contribution in [1.82, 2.24) is 4.98 Å². The van der Waals surface area contributed by atoms with Crippen LogP contribution in [0.1, 0.15) is 16.7 Å². The summed E-state index contributed by atoms with van der Waals surface area (Å²) in [5.41, 5.74) is 1.85. The molecule has 0 saturated carbocycles. The molecule has 0 aliphatic heterocycles. The van der Waals surface area contributed by atoms with E-state index in [4.69, 9.17) is 4.74 Å². The lowest BCUT2D eigenvalue weighted by molar-refractivity contribution is -0.385. The Labute approximate surface area is 115 Å². The summed E-state index contributed by atoms with van der Waals surface area (Å²) in [7, 11) is 0. The number of aromatic nitrogens is 1. The van der Waals surface area contributed by atoms with Gasteiger partial charge in [0.05, 0.1) is 17.6 Å². The van der Waals surface area contributed by atoms with E-state index in [2.05, 4.69) is 4.98 Å². The van der Waals surface area contributed by atoms with Gasteiger partial charge in [0, 0.05) is 17.3 Å². The predicted molar refractivity (Wildman–Crippen MR) is 72.8 cm³/mol. The van der Waals surface area contributed by atoms with Crippen LogP contribution in [-0.4, -0.2) is 15.0 Å². The summed E-state index contributed by atoms with van der Waals surface area (Å²) in [4.78, 5) is 14.5. The Kier molecular flexibility index (Phi) is 3.95. The highest BCUT2D eigenvalue weighted by Crippen LogP contribution is 2.31. The van der Waals surface area contributed by atoms with Crippen LogP contribution in [0.3, 0.4) is 0 Å². The molecular formula is C14H14N2O4. The molecule has 0 radical (unpaired) electrons. The maximum atomic E-state index is 11.0. The second kappa shape index (κ2) is 5.66. The molecular weight excluding hydrogens is 260 g/mol. The molecule has 0 atom stereocenters. The monoisotopic (exact) mass is 274 g/mol. The molecule has 1 N–H and O–H groups in total. The number of hydrogen-bond donors (Lipinski definition) is 1. The van der Waals surface area contributed by atoms with Crippen LogP contribution in [0.15, 0.2) is 30.5 Å². The lowest BCUT2D eigenvalue weighted by Gasteiger charge is -2.11. The molecule has 0 aliphatic rings. The summed E-state index contributed by atoms with van der Waals surface area (Å²) >= 11 is 0. The van der Waals surface area contributed by atoms with Crippen molar-refractivity contribution in [3.63, 3.8) is 0 Å². The van der Waals surface area contributed by atoms with Crippen LogP contribution in [0, 0.1) is 24.0 Å². The van der Waals surface area contributed by atoms with Crippen molar-refractivity contribution in [2.75, 3.05) is 0 Å². The summed E-state index contributed by atoms with van der Waals surface area (Å²) < 4.78 is 5.60. The van der Waals surface area contributed by atoms with E-state index in [1.165, 1.54) is 12.3 Å². The summed E-state index contributed by atoms with van der Waals surface area (Å²) in [5, 5.41) is 20.2. The van der Waals surface area contributed by atoms with E-state index in [1.54, 1.807) is 32.0 Å². The molecule has 0 bridgehead atoms. The fourth-order valence-corrected chi connectivity index (χ4v) is 1.87. The number of aliphatic hydroxyl groups excluding tert-OH is 1. The van der Waals surface area contributed by atoms with Gasteiger partial charge < -0.3 is 9.84 Å². The van der Waals surface area contributed by atoms with Gasteiger partial charge in [-0.25, -0.2) is 4.98 Å². The van der Waals surface area contributed by atoms with E-state index in [1.807, 2.05) is 0 Å². The van der Waals surface area contributed by atoms with Gasteiger partial charge in [-0.3, -0.25) is 10.1 Å². The van der Waals surface area contributed by atoms with Crippen molar-refractivity contribution in [1.29, 1.82) is 0 Å². The number of nitro benzene ring substituents is 1. The van der Waals surface area contributed by atoms with Crippen molar-refractivity contribution in [2.45, 2.75) is 20.5 Å². The SMILES string of the molecule is Cc1cc(C)c([N+](=O)[O-])cc1Oc1ncccc1CO. The van der Waals surface area contributed by atoms with Crippen molar-refractivity contribution < 1.29 is 14.8 Å². The number of pyridine rings is 1. The van der Waals surface area contributed by atoms with Gasteiger partial charge in [-0.2, -0.15) is 0 Å². The molecule has 104 valence electrons. The number of benzene rings is 1. The summed E-state index contributed by atoms with van der Waals surface area (Å²) in [5.74, 6) is 0.604. The fourth-order valence-electron chi connectivity index (χ4n) is 1.87. The maximum absolute atomic E-state index is 11.0. The molecule has 0 saturated heterocycles. The highest BCUT2D eigenvalue weighted by molar-refractivity contribution is 5.50. The Morgan fingerprint density at radius 3 is 2.75 bits per heavy atom. The molecule has 1 aromatic carbocycles. The first kappa shape index (κ1) is 14.0. The topological polar surface area (TPSA) is 85.5 Å². The molecule has 0 fully saturated rings. The molecule has 20 heavy (non-hydrogen) atoms. The van der Waals surface area contributed by atoms with Crippen molar-refractivity contribution >= 4 is 5.69 Å². The quantitative estimate of drug-likeness (QED) is 0.684. The van der Waals surface area contributed by atoms with Crippen molar-refractivity contribution in [3.8, 4) is 11.6 Å². The maximum Gasteiger partial charge on any atom is 0.276 e. The summed E-state index contributed by atoms with van der Waals surface area (Å²) in [6, 6.07) is 6.43. The Hall–Kier alpha value is -2.47. The molecule has 1 heterocycles. The minimum atomic E-state index is -0.451. The van der Waals surface area contributed by atoms with Crippen LogP contribution in [0.25, 0.3) is 0 Å². The average Bonchev–Trinajstić information content (AvgIpc) is 2.42. The third kappa shape index (κ3) is 2.75. The van der Waals surface area contributed by atoms with Gasteiger partial charge in [0.15, 0.2) is 0 Å². The predicted octanol–water partition coefficient (Wildman–Crippen LogP) is 2.89. The molecule has 0 amide bonds. The first-order valence-electron chi connectivity index (χ1n) is 6.01. The van der Waals surface area contributed by atoms with Crippen LogP contribution in [0.2, 0.25) is 0 Å². The van der Waals surface area contributed by atoms with Gasteiger partial charge >= 0.3 is 0 Å². The smallest absolute Gasteiger partial charge is 0.276 e. The lowest BCUT2D eigenvalue weighted by atomic mass is 10.1. The van der Waals surface area contributed by atoms with Crippen molar-refractivity contribution in [2.24, 2.45) is 0 Å². The van der Waals surface area contributed by atoms with E-state index >= 15 is 0 Å². The number of aliphatic hydroxyl groups is 1. The number of nitrogens with zero attached hydrogens (tertiary/aromatic N) is 2. The van der Waals surface area contributed by atoms with Crippen LogP contribution in [-0.2, 0) is 6.61 Å². The molecule has 2 aromatic rings.